The molecule has 166 valence electrons. The molecule has 0 radical (unpaired) electrons. The lowest BCUT2D eigenvalue weighted by atomic mass is 9.72. The van der Waals surface area contributed by atoms with Gasteiger partial charge in [-0.25, -0.2) is 0 Å². The number of nitrogens with one attached hydrogen (secondary N) is 1. The molecule has 1 aromatic heterocycles. The van der Waals surface area contributed by atoms with Crippen molar-refractivity contribution in [1.29, 1.82) is 5.26 Å². The van der Waals surface area contributed by atoms with Crippen LogP contribution in [0.15, 0.2) is 24.5 Å². The van der Waals surface area contributed by atoms with Gasteiger partial charge in [-0.3, -0.25) is 9.97 Å². The van der Waals surface area contributed by atoms with Crippen LogP contribution in [0.5, 0.6) is 0 Å². The molecular weight excluding hydrogens is 405 g/mol. The Morgan fingerprint density at radius 2 is 1.81 bits per heavy atom. The zero-order chi connectivity index (χ0) is 21.8. The maximum Gasteiger partial charge on any atom is 0.379 e. The van der Waals surface area contributed by atoms with E-state index in [4.69, 9.17) is 0 Å². The lowest BCUT2D eigenvalue weighted by molar-refractivity contribution is -0.0298. The quantitative estimate of drug-likeness (QED) is 0.804. The number of likely N-dealkylation sites (tertiary alicyclic amines) is 1. The standard InChI is InChI=1S/C21H26N6.CHF3/c22-11-17-1-2-18(20-19(17)24-8-9-25-20)27-10-3-16(13-27)12-26-14-21(15-26)4-6-23-7-5-21;2-1(3)4/h1-2,8-9,16,23H,3-7,10,12-15H2;1H. The molecule has 3 aliphatic heterocycles. The van der Waals surface area contributed by atoms with E-state index in [1.165, 1.54) is 52.0 Å². The molecule has 3 saturated heterocycles. The van der Waals surface area contributed by atoms with Crippen LogP contribution in [0.3, 0.4) is 0 Å². The van der Waals surface area contributed by atoms with E-state index in [-0.39, 0.29) is 0 Å². The summed E-state index contributed by atoms with van der Waals surface area (Å²) in [5.74, 6) is 0.714. The third-order valence-electron chi connectivity index (χ3n) is 6.65. The van der Waals surface area contributed by atoms with Crippen LogP contribution >= 0.6 is 0 Å². The van der Waals surface area contributed by atoms with Crippen molar-refractivity contribution in [2.24, 2.45) is 11.3 Å². The average molecular weight is 432 g/mol. The molecule has 1 spiro atoms. The number of aromatic nitrogens is 2. The molecule has 3 fully saturated rings. The molecule has 3 aliphatic rings. The number of rotatable bonds is 3. The highest BCUT2D eigenvalue weighted by Gasteiger charge is 2.44. The molecular formula is C22H27F3N6. The molecule has 0 amide bonds. The van der Waals surface area contributed by atoms with Gasteiger partial charge in [0.2, 0.25) is 0 Å². The van der Waals surface area contributed by atoms with Gasteiger partial charge in [0.25, 0.3) is 0 Å². The predicted molar refractivity (Wildman–Crippen MR) is 113 cm³/mol. The highest BCUT2D eigenvalue weighted by molar-refractivity contribution is 5.92. The fourth-order valence-corrected chi connectivity index (χ4v) is 5.26. The van der Waals surface area contributed by atoms with E-state index in [1.54, 1.807) is 12.4 Å². The van der Waals surface area contributed by atoms with E-state index < -0.39 is 6.68 Å². The number of halogens is 3. The van der Waals surface area contributed by atoms with Crippen molar-refractivity contribution in [2.75, 3.05) is 50.7 Å². The molecule has 2 aromatic rings. The van der Waals surface area contributed by atoms with Gasteiger partial charge in [-0.05, 0) is 55.8 Å². The van der Waals surface area contributed by atoms with Crippen molar-refractivity contribution >= 4 is 16.7 Å². The van der Waals surface area contributed by atoms with Gasteiger partial charge in [0.15, 0.2) is 0 Å². The van der Waals surface area contributed by atoms with E-state index in [2.05, 4.69) is 31.2 Å². The first-order valence-corrected chi connectivity index (χ1v) is 10.7. The van der Waals surface area contributed by atoms with Crippen molar-refractivity contribution in [3.05, 3.63) is 30.1 Å². The summed E-state index contributed by atoms with van der Waals surface area (Å²) in [7, 11) is 0. The largest absolute Gasteiger partial charge is 0.379 e. The minimum absolute atomic E-state index is 0.602. The molecule has 0 bridgehead atoms. The molecule has 9 heteroatoms. The Morgan fingerprint density at radius 3 is 2.48 bits per heavy atom. The van der Waals surface area contributed by atoms with Crippen LogP contribution in [0, 0.1) is 22.7 Å². The summed E-state index contributed by atoms with van der Waals surface area (Å²) in [5.41, 5.74) is 3.91. The zero-order valence-corrected chi connectivity index (χ0v) is 17.4. The van der Waals surface area contributed by atoms with Crippen molar-refractivity contribution < 1.29 is 13.2 Å². The molecule has 1 N–H and O–H groups in total. The van der Waals surface area contributed by atoms with Gasteiger partial charge >= 0.3 is 6.68 Å². The first-order chi connectivity index (χ1) is 15.0. The van der Waals surface area contributed by atoms with Gasteiger partial charge in [-0.2, -0.15) is 18.4 Å². The molecule has 1 aromatic carbocycles. The SMILES string of the molecule is FC(F)F.N#Cc1ccc(N2CCC(CN3CC4(CCNCC4)C3)C2)c2nccnc12. The Labute approximate surface area is 180 Å². The highest BCUT2D eigenvalue weighted by atomic mass is 19.4. The summed E-state index contributed by atoms with van der Waals surface area (Å²) >= 11 is 0. The molecule has 6 nitrogen and oxygen atoms in total. The van der Waals surface area contributed by atoms with Gasteiger partial charge in [-0.1, -0.05) is 0 Å². The van der Waals surface area contributed by atoms with Crippen LogP contribution in [-0.4, -0.2) is 67.4 Å². The van der Waals surface area contributed by atoms with Crippen molar-refractivity contribution in [2.45, 2.75) is 25.9 Å². The van der Waals surface area contributed by atoms with E-state index in [9.17, 15) is 18.4 Å². The lowest BCUT2D eigenvalue weighted by Gasteiger charge is -2.53. The Bertz CT molecular complexity index is 930. The molecule has 5 rings (SSSR count). The Hall–Kier alpha value is -2.44. The van der Waals surface area contributed by atoms with Gasteiger partial charge in [0.1, 0.15) is 17.1 Å². The second-order valence-corrected chi connectivity index (χ2v) is 8.77. The summed E-state index contributed by atoms with van der Waals surface area (Å²) in [6.07, 6.45) is 7.30. The number of piperidine rings is 1. The topological polar surface area (TPSA) is 68.1 Å². The molecule has 1 atom stereocenters. The summed E-state index contributed by atoms with van der Waals surface area (Å²) in [4.78, 5) is 14.0. The van der Waals surface area contributed by atoms with Gasteiger partial charge < -0.3 is 15.1 Å². The minimum atomic E-state index is -3.67. The van der Waals surface area contributed by atoms with Crippen LogP contribution in [0.25, 0.3) is 11.0 Å². The molecule has 31 heavy (non-hydrogen) atoms. The van der Waals surface area contributed by atoms with Gasteiger partial charge in [0, 0.05) is 45.1 Å². The van der Waals surface area contributed by atoms with Crippen LogP contribution in [0.2, 0.25) is 0 Å². The van der Waals surface area contributed by atoms with E-state index in [0.717, 1.165) is 29.8 Å². The van der Waals surface area contributed by atoms with Gasteiger partial charge in [0.05, 0.1) is 11.3 Å². The van der Waals surface area contributed by atoms with Gasteiger partial charge in [-0.15, -0.1) is 0 Å². The maximum atomic E-state index is 9.67. The highest BCUT2D eigenvalue weighted by Crippen LogP contribution is 2.40. The number of benzene rings is 1. The monoisotopic (exact) mass is 432 g/mol. The normalized spacial score (nSPS) is 22.8. The number of alkyl halides is 3. The number of nitrogens with zero attached hydrogens (tertiary/aromatic N) is 5. The zero-order valence-electron chi connectivity index (χ0n) is 17.4. The van der Waals surface area contributed by atoms with E-state index in [1.807, 2.05) is 12.1 Å². The van der Waals surface area contributed by atoms with Crippen molar-refractivity contribution in [3.63, 3.8) is 0 Å². The first kappa shape index (κ1) is 21.8. The number of anilines is 1. The van der Waals surface area contributed by atoms with Crippen LogP contribution in [0.4, 0.5) is 18.9 Å². The number of nitriles is 1. The summed E-state index contributed by atoms with van der Waals surface area (Å²) in [6.45, 7) is 4.64. The van der Waals surface area contributed by atoms with Crippen LogP contribution < -0.4 is 10.2 Å². The number of hydrogen-bond donors (Lipinski definition) is 1. The summed E-state index contributed by atoms with van der Waals surface area (Å²) in [5, 5.41) is 12.8. The fraction of sp³-hybridized carbons (Fsp3) is 0.591. The number of hydrogen-bond acceptors (Lipinski definition) is 6. The van der Waals surface area contributed by atoms with E-state index in [0.29, 0.717) is 16.9 Å². The van der Waals surface area contributed by atoms with Crippen LogP contribution in [0.1, 0.15) is 24.8 Å². The second kappa shape index (κ2) is 9.37. The minimum Gasteiger partial charge on any atom is -0.369 e. The third kappa shape index (κ3) is 4.91. The molecule has 1 unspecified atom stereocenters. The van der Waals surface area contributed by atoms with Crippen molar-refractivity contribution in [1.82, 2.24) is 20.2 Å². The molecule has 4 heterocycles. The molecule has 0 saturated carbocycles. The Balaban J connectivity index is 0.000000535. The van der Waals surface area contributed by atoms with Crippen molar-refractivity contribution in [3.8, 4) is 6.07 Å². The number of fused-ring (bicyclic) bond motifs is 1. The Kier molecular flexibility index (Phi) is 6.58. The fourth-order valence-electron chi connectivity index (χ4n) is 5.26. The first-order valence-electron chi connectivity index (χ1n) is 10.7. The summed E-state index contributed by atoms with van der Waals surface area (Å²) in [6, 6.07) is 6.17. The maximum absolute atomic E-state index is 9.67. The predicted octanol–water partition coefficient (Wildman–Crippen LogP) is 3.19. The van der Waals surface area contributed by atoms with Crippen LogP contribution in [-0.2, 0) is 0 Å². The average Bonchev–Trinajstić information content (AvgIpc) is 3.20. The lowest BCUT2D eigenvalue weighted by Crippen LogP contribution is -2.60. The Morgan fingerprint density at radius 1 is 1.13 bits per heavy atom. The molecule has 0 aliphatic carbocycles. The van der Waals surface area contributed by atoms with E-state index >= 15 is 0 Å². The summed E-state index contributed by atoms with van der Waals surface area (Å²) < 4.78 is 29.0. The smallest absolute Gasteiger partial charge is 0.369 e. The second-order valence-electron chi connectivity index (χ2n) is 8.77. The third-order valence-corrected chi connectivity index (χ3v) is 6.65.